The van der Waals surface area contributed by atoms with Crippen molar-refractivity contribution in [3.63, 3.8) is 0 Å². The Bertz CT molecular complexity index is 539. The molecule has 4 nitrogen and oxygen atoms in total. The predicted molar refractivity (Wildman–Crippen MR) is 96.1 cm³/mol. The Morgan fingerprint density at radius 1 is 1.38 bits per heavy atom. The van der Waals surface area contributed by atoms with E-state index in [0.717, 1.165) is 24.8 Å². The van der Waals surface area contributed by atoms with Gasteiger partial charge in [0.05, 0.1) is 30.9 Å². The molecule has 0 aliphatic carbocycles. The fourth-order valence-electron chi connectivity index (χ4n) is 3.20. The van der Waals surface area contributed by atoms with Gasteiger partial charge in [-0.25, -0.2) is 0 Å². The Kier molecular flexibility index (Phi) is 6.67. The fraction of sp³-hybridized carbons (Fsp3) is 0.632. The molecule has 1 N–H and O–H groups in total. The number of benzene rings is 1. The number of hydrogen-bond donors (Lipinski definition) is 1. The van der Waals surface area contributed by atoms with E-state index in [9.17, 15) is 9.90 Å². The molecular weight excluding hydrogens is 326 g/mol. The number of piperidine rings is 1. The van der Waals surface area contributed by atoms with Crippen LogP contribution in [0.25, 0.3) is 0 Å². The first kappa shape index (κ1) is 19.2. The van der Waals surface area contributed by atoms with Crippen molar-refractivity contribution in [3.05, 3.63) is 34.9 Å². The van der Waals surface area contributed by atoms with Crippen LogP contribution in [0.15, 0.2) is 24.3 Å². The molecule has 1 aliphatic heterocycles. The molecule has 1 amide bonds. The number of halogens is 1. The summed E-state index contributed by atoms with van der Waals surface area (Å²) in [6, 6.07) is 7.84. The van der Waals surface area contributed by atoms with Crippen LogP contribution in [0.5, 0.6) is 0 Å². The molecule has 0 aromatic heterocycles. The van der Waals surface area contributed by atoms with Gasteiger partial charge >= 0.3 is 0 Å². The first-order valence-corrected chi connectivity index (χ1v) is 9.06. The molecule has 1 aliphatic rings. The molecule has 1 saturated heterocycles. The smallest absolute Gasteiger partial charge is 0.223 e. The fourth-order valence-corrected chi connectivity index (χ4v) is 3.32. The number of carbonyl (C=O) groups is 1. The van der Waals surface area contributed by atoms with Crippen molar-refractivity contribution in [1.29, 1.82) is 0 Å². The Morgan fingerprint density at radius 2 is 2.04 bits per heavy atom. The molecule has 134 valence electrons. The van der Waals surface area contributed by atoms with Crippen LogP contribution in [0.1, 0.15) is 58.1 Å². The molecule has 5 heteroatoms. The van der Waals surface area contributed by atoms with E-state index >= 15 is 0 Å². The lowest BCUT2D eigenvalue weighted by Crippen LogP contribution is -2.47. The first-order chi connectivity index (χ1) is 11.3. The number of carbonyl (C=O) groups excluding carboxylic acids is 1. The van der Waals surface area contributed by atoms with Gasteiger partial charge in [-0.15, -0.1) is 0 Å². The summed E-state index contributed by atoms with van der Waals surface area (Å²) >= 11 is 5.99. The Labute approximate surface area is 149 Å². The zero-order valence-corrected chi connectivity index (χ0v) is 15.6. The van der Waals surface area contributed by atoms with Crippen LogP contribution in [-0.2, 0) is 9.53 Å². The van der Waals surface area contributed by atoms with Gasteiger partial charge in [0.2, 0.25) is 5.91 Å². The standard InChI is InChI=1S/C19H28ClNO3/c1-4-16(12-24-13-19(2,3)23)21-17(6-5-7-18(21)22)14-8-10-15(20)11-9-14/h8-11,16-17,23H,4-7,12-13H2,1-3H3/t16-,17-/m0/s1. The number of rotatable bonds is 7. The SMILES string of the molecule is CC[C@@H](COCC(C)(C)O)N1C(=O)CCC[C@H]1c1ccc(Cl)cc1. The van der Waals surface area contributed by atoms with Gasteiger partial charge in [0.1, 0.15) is 0 Å². The van der Waals surface area contributed by atoms with E-state index in [4.69, 9.17) is 16.3 Å². The summed E-state index contributed by atoms with van der Waals surface area (Å²) in [7, 11) is 0. The highest BCUT2D eigenvalue weighted by Gasteiger charge is 2.34. The average molecular weight is 354 g/mol. The molecule has 1 fully saturated rings. The number of aliphatic hydroxyl groups is 1. The van der Waals surface area contributed by atoms with Gasteiger partial charge in [-0.3, -0.25) is 4.79 Å². The van der Waals surface area contributed by atoms with E-state index in [-0.39, 0.29) is 24.6 Å². The largest absolute Gasteiger partial charge is 0.388 e. The summed E-state index contributed by atoms with van der Waals surface area (Å²) in [5, 5.41) is 10.5. The topological polar surface area (TPSA) is 49.8 Å². The number of ether oxygens (including phenoxy) is 1. The number of amides is 1. The lowest BCUT2D eigenvalue weighted by atomic mass is 9.92. The van der Waals surface area contributed by atoms with Crippen molar-refractivity contribution < 1.29 is 14.6 Å². The molecule has 0 spiro atoms. The summed E-state index contributed by atoms with van der Waals surface area (Å²) in [5.74, 6) is 0.180. The van der Waals surface area contributed by atoms with Crippen LogP contribution >= 0.6 is 11.6 Å². The Morgan fingerprint density at radius 3 is 2.62 bits per heavy atom. The van der Waals surface area contributed by atoms with Crippen molar-refractivity contribution >= 4 is 17.5 Å². The van der Waals surface area contributed by atoms with E-state index in [1.807, 2.05) is 29.2 Å². The summed E-state index contributed by atoms with van der Waals surface area (Å²) in [5.41, 5.74) is 0.258. The monoisotopic (exact) mass is 353 g/mol. The van der Waals surface area contributed by atoms with Crippen LogP contribution < -0.4 is 0 Å². The molecule has 0 unspecified atom stereocenters. The molecular formula is C19H28ClNO3. The summed E-state index contributed by atoms with van der Waals surface area (Å²) in [6.45, 7) is 6.21. The number of nitrogens with zero attached hydrogens (tertiary/aromatic N) is 1. The molecule has 24 heavy (non-hydrogen) atoms. The molecule has 0 saturated carbocycles. The maximum Gasteiger partial charge on any atom is 0.223 e. The minimum atomic E-state index is -0.861. The van der Waals surface area contributed by atoms with Crippen molar-refractivity contribution in [3.8, 4) is 0 Å². The van der Waals surface area contributed by atoms with E-state index in [0.29, 0.717) is 18.1 Å². The Balaban J connectivity index is 2.14. The quantitative estimate of drug-likeness (QED) is 0.807. The summed E-state index contributed by atoms with van der Waals surface area (Å²) < 4.78 is 5.69. The Hall–Kier alpha value is -1.10. The number of likely N-dealkylation sites (tertiary alicyclic amines) is 1. The van der Waals surface area contributed by atoms with Gasteiger partial charge in [0.25, 0.3) is 0 Å². The second kappa shape index (κ2) is 8.32. The highest BCUT2D eigenvalue weighted by Crippen LogP contribution is 2.34. The predicted octanol–water partition coefficient (Wildman–Crippen LogP) is 3.96. The zero-order chi connectivity index (χ0) is 17.7. The molecule has 0 radical (unpaired) electrons. The lowest BCUT2D eigenvalue weighted by molar-refractivity contribution is -0.142. The summed E-state index contributed by atoms with van der Waals surface area (Å²) in [4.78, 5) is 14.6. The maximum atomic E-state index is 12.6. The summed E-state index contributed by atoms with van der Waals surface area (Å²) in [6.07, 6.45) is 3.27. The second-order valence-corrected chi connectivity index (χ2v) is 7.59. The maximum absolute atomic E-state index is 12.6. The van der Waals surface area contributed by atoms with Gasteiger partial charge < -0.3 is 14.7 Å². The zero-order valence-electron chi connectivity index (χ0n) is 14.8. The average Bonchev–Trinajstić information content (AvgIpc) is 2.52. The van der Waals surface area contributed by atoms with Gasteiger partial charge in [0.15, 0.2) is 0 Å². The van der Waals surface area contributed by atoms with Crippen LogP contribution in [-0.4, -0.2) is 40.8 Å². The van der Waals surface area contributed by atoms with Gasteiger partial charge in [-0.2, -0.15) is 0 Å². The van der Waals surface area contributed by atoms with Gasteiger partial charge in [-0.1, -0.05) is 30.7 Å². The highest BCUT2D eigenvalue weighted by molar-refractivity contribution is 6.30. The molecule has 1 heterocycles. The number of hydrogen-bond acceptors (Lipinski definition) is 3. The molecule has 1 aromatic carbocycles. The van der Waals surface area contributed by atoms with Crippen molar-refractivity contribution in [2.75, 3.05) is 13.2 Å². The van der Waals surface area contributed by atoms with E-state index in [2.05, 4.69) is 6.92 Å². The minimum absolute atomic E-state index is 0.0147. The molecule has 0 bridgehead atoms. The van der Waals surface area contributed by atoms with Crippen molar-refractivity contribution in [2.45, 2.75) is 64.1 Å². The second-order valence-electron chi connectivity index (χ2n) is 7.15. The van der Waals surface area contributed by atoms with Crippen LogP contribution in [0, 0.1) is 0 Å². The molecule has 1 aromatic rings. The third kappa shape index (κ3) is 5.20. The van der Waals surface area contributed by atoms with Crippen molar-refractivity contribution in [1.82, 2.24) is 4.90 Å². The van der Waals surface area contributed by atoms with E-state index < -0.39 is 5.60 Å². The third-order valence-electron chi connectivity index (χ3n) is 4.38. The lowest BCUT2D eigenvalue weighted by Gasteiger charge is -2.41. The normalized spacial score (nSPS) is 20.3. The van der Waals surface area contributed by atoms with E-state index in [1.54, 1.807) is 13.8 Å². The molecule has 2 atom stereocenters. The third-order valence-corrected chi connectivity index (χ3v) is 4.63. The van der Waals surface area contributed by atoms with Crippen molar-refractivity contribution in [2.24, 2.45) is 0 Å². The minimum Gasteiger partial charge on any atom is -0.388 e. The van der Waals surface area contributed by atoms with Crippen LogP contribution in [0.2, 0.25) is 5.02 Å². The van der Waals surface area contributed by atoms with Crippen LogP contribution in [0.3, 0.4) is 0 Å². The van der Waals surface area contributed by atoms with E-state index in [1.165, 1.54) is 0 Å². The van der Waals surface area contributed by atoms with Gasteiger partial charge in [0, 0.05) is 11.4 Å². The van der Waals surface area contributed by atoms with Gasteiger partial charge in [-0.05, 0) is 50.8 Å². The first-order valence-electron chi connectivity index (χ1n) is 8.68. The van der Waals surface area contributed by atoms with Crippen LogP contribution in [0.4, 0.5) is 0 Å². The highest BCUT2D eigenvalue weighted by atomic mass is 35.5. The molecule has 2 rings (SSSR count).